The van der Waals surface area contributed by atoms with Gasteiger partial charge >= 0.3 is 5.97 Å². The maximum absolute atomic E-state index is 12.5. The molecule has 5 nitrogen and oxygen atoms in total. The lowest BCUT2D eigenvalue weighted by Crippen LogP contribution is -2.52. The van der Waals surface area contributed by atoms with Crippen molar-refractivity contribution in [2.75, 3.05) is 6.61 Å². The fourth-order valence-electron chi connectivity index (χ4n) is 7.89. The number of hydrogen-bond donors (Lipinski definition) is 2. The molecule has 1 fully saturated rings. The van der Waals surface area contributed by atoms with Crippen LogP contribution in [0.3, 0.4) is 0 Å². The number of hydrogen-bond acceptors (Lipinski definition) is 5. The van der Waals surface area contributed by atoms with Crippen LogP contribution in [0.25, 0.3) is 0 Å². The Kier molecular flexibility index (Phi) is 26.0. The number of carbonyl (C=O) groups excluding carboxylic acids is 2. The monoisotopic (exact) mass is 739 g/mol. The summed E-state index contributed by atoms with van der Waals surface area (Å²) >= 11 is 0. The van der Waals surface area contributed by atoms with E-state index in [9.17, 15) is 19.8 Å². The van der Waals surface area contributed by atoms with Crippen LogP contribution in [0.1, 0.15) is 203 Å². The summed E-state index contributed by atoms with van der Waals surface area (Å²) in [5, 5.41) is 22.7. The Labute approximate surface area is 326 Å². The zero-order valence-electron chi connectivity index (χ0n) is 35.7. The van der Waals surface area contributed by atoms with Crippen molar-refractivity contribution in [3.63, 3.8) is 0 Å². The molecule has 0 radical (unpaired) electrons. The van der Waals surface area contributed by atoms with Crippen LogP contribution in [0, 0.1) is 11.3 Å². The third-order valence-electron chi connectivity index (χ3n) is 12.0. The van der Waals surface area contributed by atoms with Gasteiger partial charge in [0.15, 0.2) is 0 Å². The minimum atomic E-state index is -0.906. The van der Waals surface area contributed by atoms with Gasteiger partial charge in [0.1, 0.15) is 6.29 Å². The van der Waals surface area contributed by atoms with Crippen molar-refractivity contribution >= 4 is 12.3 Å². The molecule has 53 heavy (non-hydrogen) atoms. The van der Waals surface area contributed by atoms with Crippen molar-refractivity contribution in [2.24, 2.45) is 11.3 Å². The number of allylic oxidation sites excluding steroid dienone is 8. The molecule has 0 unspecified atom stereocenters. The highest BCUT2D eigenvalue weighted by molar-refractivity contribution is 5.74. The molecule has 0 spiro atoms. The van der Waals surface area contributed by atoms with Crippen LogP contribution < -0.4 is 0 Å². The van der Waals surface area contributed by atoms with Crippen molar-refractivity contribution in [3.8, 4) is 0 Å². The van der Waals surface area contributed by atoms with Gasteiger partial charge in [-0.2, -0.15) is 0 Å². The number of rotatable bonds is 29. The molecule has 0 amide bonds. The first-order valence-corrected chi connectivity index (χ1v) is 21.6. The molecule has 1 aliphatic carbocycles. The highest BCUT2D eigenvalue weighted by Gasteiger charge is 2.52. The Morgan fingerprint density at radius 1 is 0.811 bits per heavy atom. The van der Waals surface area contributed by atoms with Crippen molar-refractivity contribution in [1.82, 2.24) is 0 Å². The summed E-state index contributed by atoms with van der Waals surface area (Å²) in [6.07, 6.45) is 34.9. The number of ether oxygens (including phenoxy) is 1. The summed E-state index contributed by atoms with van der Waals surface area (Å²) in [5.41, 5.74) is 4.09. The van der Waals surface area contributed by atoms with Crippen molar-refractivity contribution in [2.45, 2.75) is 215 Å². The fourth-order valence-corrected chi connectivity index (χ4v) is 7.89. The second-order valence-electron chi connectivity index (χ2n) is 16.9. The van der Waals surface area contributed by atoms with Crippen molar-refractivity contribution in [3.05, 3.63) is 58.2 Å². The maximum atomic E-state index is 12.5. The molecule has 0 heterocycles. The van der Waals surface area contributed by atoms with Crippen molar-refractivity contribution < 1.29 is 24.5 Å². The van der Waals surface area contributed by atoms with E-state index < -0.39 is 17.1 Å². The van der Waals surface area contributed by atoms with E-state index in [2.05, 4.69) is 65.0 Å². The van der Waals surface area contributed by atoms with Crippen LogP contribution in [-0.4, -0.2) is 40.8 Å². The third-order valence-corrected chi connectivity index (χ3v) is 12.0. The van der Waals surface area contributed by atoms with E-state index in [1.165, 1.54) is 81.8 Å². The van der Waals surface area contributed by atoms with Gasteiger partial charge in [0.05, 0.1) is 18.3 Å². The van der Waals surface area contributed by atoms with Gasteiger partial charge in [-0.05, 0) is 148 Å². The predicted molar refractivity (Wildman–Crippen MR) is 226 cm³/mol. The highest BCUT2D eigenvalue weighted by atomic mass is 16.5. The lowest BCUT2D eigenvalue weighted by molar-refractivity contribution is -0.144. The van der Waals surface area contributed by atoms with Gasteiger partial charge in [0.25, 0.3) is 0 Å². The van der Waals surface area contributed by atoms with Crippen molar-refractivity contribution in [1.29, 1.82) is 0 Å². The van der Waals surface area contributed by atoms with Crippen LogP contribution >= 0.6 is 0 Å². The Bertz CT molecular complexity index is 1180. The lowest BCUT2D eigenvalue weighted by Gasteiger charge is -2.53. The zero-order chi connectivity index (χ0) is 39.5. The molecule has 0 aromatic carbocycles. The number of aldehydes is 1. The van der Waals surface area contributed by atoms with Crippen LogP contribution in [0.5, 0.6) is 0 Å². The molecule has 0 aromatic rings. The van der Waals surface area contributed by atoms with E-state index in [1.54, 1.807) is 0 Å². The quantitative estimate of drug-likeness (QED) is 0.0262. The van der Waals surface area contributed by atoms with Crippen LogP contribution in [0.15, 0.2) is 58.2 Å². The molecule has 2 N–H and O–H groups in total. The summed E-state index contributed by atoms with van der Waals surface area (Å²) in [7, 11) is 0. The van der Waals surface area contributed by atoms with Gasteiger partial charge in [-0.3, -0.25) is 9.59 Å². The largest absolute Gasteiger partial charge is 0.466 e. The van der Waals surface area contributed by atoms with Crippen LogP contribution in [0.2, 0.25) is 0 Å². The summed E-state index contributed by atoms with van der Waals surface area (Å²) in [5.74, 6) is -0.117. The number of carbonyl (C=O) groups is 2. The summed E-state index contributed by atoms with van der Waals surface area (Å²) in [6.45, 7) is 17.0. The third kappa shape index (κ3) is 20.3. The van der Waals surface area contributed by atoms with E-state index in [4.69, 9.17) is 4.74 Å². The number of unbranched alkanes of at least 4 members (excludes halogenated alkanes) is 11. The van der Waals surface area contributed by atoms with Crippen LogP contribution in [0.4, 0.5) is 0 Å². The van der Waals surface area contributed by atoms with Gasteiger partial charge in [-0.1, -0.05) is 112 Å². The van der Waals surface area contributed by atoms with Gasteiger partial charge < -0.3 is 14.9 Å². The van der Waals surface area contributed by atoms with E-state index in [1.807, 2.05) is 20.8 Å². The van der Waals surface area contributed by atoms with E-state index >= 15 is 0 Å². The molecule has 0 bridgehead atoms. The molecular formula is C48H82O5. The Morgan fingerprint density at radius 3 is 2.06 bits per heavy atom. The maximum Gasteiger partial charge on any atom is 0.305 e. The first-order valence-electron chi connectivity index (χ1n) is 21.6. The lowest BCUT2D eigenvalue weighted by atomic mass is 9.54. The number of aliphatic hydroxyl groups is 2. The molecule has 0 saturated heterocycles. The second-order valence-corrected chi connectivity index (χ2v) is 16.9. The molecule has 0 aromatic heterocycles. The minimum Gasteiger partial charge on any atom is -0.466 e. The standard InChI is InChI=1S/C48H82O5/c1-9-10-11-12-13-14-15-16-17-18-19-20-21-22-23-31-46(51)53-37-26-30-44-43(42(6)38-49)34-36-48(8,52)47(44,7)35-25-29-41(5)45(50)33-32-40(4)28-24-27-39(2)3/h14-15,27,29,32,38,44-45,50,52H,9-13,16-26,28,30-31,33-37H2,1-8H3/b15-14-,40-32+,41-29+,43-42-/t44-,45-,47+,48+/m1/s1. The van der Waals surface area contributed by atoms with E-state index in [-0.39, 0.29) is 11.9 Å². The highest BCUT2D eigenvalue weighted by Crippen LogP contribution is 2.55. The molecule has 1 aliphatic rings. The molecule has 0 aliphatic heterocycles. The number of esters is 1. The van der Waals surface area contributed by atoms with Gasteiger partial charge in [-0.15, -0.1) is 0 Å². The van der Waals surface area contributed by atoms with Gasteiger partial charge in [0.2, 0.25) is 0 Å². The molecular weight excluding hydrogens is 657 g/mol. The summed E-state index contributed by atoms with van der Waals surface area (Å²) in [4.78, 5) is 24.5. The Balaban J connectivity index is 2.56. The number of aliphatic hydroxyl groups excluding tert-OH is 1. The molecule has 4 atom stereocenters. The first kappa shape index (κ1) is 48.8. The van der Waals surface area contributed by atoms with Crippen LogP contribution in [-0.2, 0) is 14.3 Å². The SMILES string of the molecule is CCCCCC/C=C\CCCCCCCCCC(=O)OCCC[C@@H]1/C(=C(/C)C=O)CC[C@](C)(O)[C@@]1(C)CC/C=C(\C)[C@H](O)C/C=C(\C)CCC=C(C)C. The topological polar surface area (TPSA) is 83.8 Å². The summed E-state index contributed by atoms with van der Waals surface area (Å²) in [6, 6.07) is 0. The zero-order valence-corrected chi connectivity index (χ0v) is 35.7. The predicted octanol–water partition coefficient (Wildman–Crippen LogP) is 13.2. The fraction of sp³-hybridized carbons (Fsp3) is 0.750. The second kappa shape index (κ2) is 28.2. The minimum absolute atomic E-state index is 0.00624. The molecule has 1 saturated carbocycles. The van der Waals surface area contributed by atoms with E-state index in [0.717, 1.165) is 68.0 Å². The molecule has 1 rings (SSSR count). The van der Waals surface area contributed by atoms with Gasteiger partial charge in [-0.25, -0.2) is 0 Å². The van der Waals surface area contributed by atoms with E-state index in [0.29, 0.717) is 38.7 Å². The normalized spacial score (nSPS) is 22.6. The summed E-state index contributed by atoms with van der Waals surface area (Å²) < 4.78 is 5.67. The Morgan fingerprint density at radius 2 is 1.43 bits per heavy atom. The smallest absolute Gasteiger partial charge is 0.305 e. The molecule has 304 valence electrons. The average Bonchev–Trinajstić information content (AvgIpc) is 3.11. The first-order chi connectivity index (χ1) is 25.3. The average molecular weight is 739 g/mol. The Hall–Kier alpha value is -2.24. The molecule has 5 heteroatoms. The van der Waals surface area contributed by atoms with Gasteiger partial charge in [0, 0.05) is 11.8 Å².